The highest BCUT2D eigenvalue weighted by atomic mass is 16.5. The second-order valence-corrected chi connectivity index (χ2v) is 7.43. The summed E-state index contributed by atoms with van der Waals surface area (Å²) < 4.78 is 11.3. The number of carbonyl (C=O) groups excluding carboxylic acids is 2. The fourth-order valence-corrected chi connectivity index (χ4v) is 4.12. The molecule has 1 fully saturated rings. The van der Waals surface area contributed by atoms with Gasteiger partial charge in [0, 0.05) is 6.54 Å². The molecule has 3 atom stereocenters. The maximum absolute atomic E-state index is 13.1. The molecule has 0 saturated carbocycles. The van der Waals surface area contributed by atoms with E-state index in [0.717, 1.165) is 16.9 Å². The van der Waals surface area contributed by atoms with Crippen LogP contribution in [0.15, 0.2) is 72.5 Å². The van der Waals surface area contributed by atoms with E-state index in [1.54, 1.807) is 6.92 Å². The summed E-state index contributed by atoms with van der Waals surface area (Å²) in [4.78, 5) is 27.4. The summed E-state index contributed by atoms with van der Waals surface area (Å²) in [7, 11) is 0. The van der Waals surface area contributed by atoms with E-state index < -0.39 is 11.8 Å². The van der Waals surface area contributed by atoms with Gasteiger partial charge in [0.15, 0.2) is 0 Å². The van der Waals surface area contributed by atoms with Crippen LogP contribution in [-0.2, 0) is 32.2 Å². The van der Waals surface area contributed by atoms with E-state index in [2.05, 4.69) is 0 Å². The number of benzene rings is 2. The first-order valence-corrected chi connectivity index (χ1v) is 10.1. The molecule has 2 aromatic rings. The van der Waals surface area contributed by atoms with Gasteiger partial charge in [-0.05, 0) is 30.5 Å². The first-order valence-electron chi connectivity index (χ1n) is 10.1. The normalized spacial score (nSPS) is 22.9. The molecule has 2 bridgehead atoms. The molecular weight excluding hydrogens is 366 g/mol. The van der Waals surface area contributed by atoms with Gasteiger partial charge < -0.3 is 14.4 Å². The standard InChI is InChI=1S/C24H25NO4/c1-2-28-24(27)20-13-21-22(29-16-18-11-7-4-8-12-18)14-19(20)23(26)25(21)15-17-9-5-3-6-10-17/h3-12,14,19-21H,2,13,15-16H2,1H3/t19-,20-,21-/m1/s1. The summed E-state index contributed by atoms with van der Waals surface area (Å²) in [6.07, 6.45) is 2.37. The van der Waals surface area contributed by atoms with E-state index in [9.17, 15) is 9.59 Å². The molecule has 0 aromatic heterocycles. The number of esters is 1. The molecule has 5 heteroatoms. The van der Waals surface area contributed by atoms with E-state index in [1.807, 2.05) is 71.6 Å². The SMILES string of the molecule is CCOC(=O)[C@@H]1C[C@@H]2C(OCc3ccccc3)=C[C@H]1C(=O)N2Cc1ccccc1. The zero-order chi connectivity index (χ0) is 20.2. The van der Waals surface area contributed by atoms with Crippen molar-refractivity contribution in [2.75, 3.05) is 6.61 Å². The van der Waals surface area contributed by atoms with Crippen LogP contribution in [-0.4, -0.2) is 29.4 Å². The fourth-order valence-electron chi connectivity index (χ4n) is 4.12. The number of fused-ring (bicyclic) bond motifs is 2. The van der Waals surface area contributed by atoms with Gasteiger partial charge in [0.1, 0.15) is 12.4 Å². The largest absolute Gasteiger partial charge is 0.491 e. The number of piperidine rings is 1. The van der Waals surface area contributed by atoms with Gasteiger partial charge in [-0.25, -0.2) is 0 Å². The summed E-state index contributed by atoms with van der Waals surface area (Å²) in [6, 6.07) is 19.6. The average molecular weight is 391 g/mol. The topological polar surface area (TPSA) is 55.8 Å². The van der Waals surface area contributed by atoms with Crippen LogP contribution in [0.3, 0.4) is 0 Å². The third kappa shape index (κ3) is 4.04. The molecule has 2 aromatic carbocycles. The molecule has 2 heterocycles. The zero-order valence-electron chi connectivity index (χ0n) is 16.5. The molecule has 29 heavy (non-hydrogen) atoms. The number of hydrogen-bond donors (Lipinski definition) is 0. The van der Waals surface area contributed by atoms with Crippen molar-refractivity contribution < 1.29 is 19.1 Å². The lowest BCUT2D eigenvalue weighted by Crippen LogP contribution is -2.56. The van der Waals surface area contributed by atoms with Crippen molar-refractivity contribution in [3.63, 3.8) is 0 Å². The molecule has 0 radical (unpaired) electrons. The van der Waals surface area contributed by atoms with Crippen LogP contribution in [0.5, 0.6) is 0 Å². The summed E-state index contributed by atoms with van der Waals surface area (Å²) in [5.74, 6) is -0.532. The minimum Gasteiger partial charge on any atom is -0.491 e. The lowest BCUT2D eigenvalue weighted by molar-refractivity contribution is -0.162. The van der Waals surface area contributed by atoms with Crippen molar-refractivity contribution in [3.8, 4) is 0 Å². The molecule has 150 valence electrons. The smallest absolute Gasteiger partial charge is 0.310 e. The predicted octanol–water partition coefficient (Wildman–Crippen LogP) is 3.70. The number of amides is 1. The summed E-state index contributed by atoms with van der Waals surface area (Å²) in [6.45, 7) is 3.04. The van der Waals surface area contributed by atoms with Crippen LogP contribution < -0.4 is 0 Å². The number of carbonyl (C=O) groups is 2. The minimum absolute atomic E-state index is 0.0322. The molecule has 3 aliphatic rings. The van der Waals surface area contributed by atoms with Crippen LogP contribution in [0.4, 0.5) is 0 Å². The van der Waals surface area contributed by atoms with Crippen LogP contribution in [0, 0.1) is 11.8 Å². The summed E-state index contributed by atoms with van der Waals surface area (Å²) in [5.41, 5.74) is 2.13. The Morgan fingerprint density at radius 1 is 1.03 bits per heavy atom. The highest BCUT2D eigenvalue weighted by molar-refractivity contribution is 5.90. The molecule has 0 spiro atoms. The Hall–Kier alpha value is -3.08. The Balaban J connectivity index is 1.57. The van der Waals surface area contributed by atoms with Gasteiger partial charge in [-0.3, -0.25) is 9.59 Å². The fraction of sp³-hybridized carbons (Fsp3) is 0.333. The van der Waals surface area contributed by atoms with Gasteiger partial charge in [-0.2, -0.15) is 0 Å². The monoisotopic (exact) mass is 391 g/mol. The van der Waals surface area contributed by atoms with Gasteiger partial charge >= 0.3 is 5.97 Å². The van der Waals surface area contributed by atoms with E-state index in [1.165, 1.54) is 0 Å². The third-order valence-corrected chi connectivity index (χ3v) is 5.56. The van der Waals surface area contributed by atoms with Crippen LogP contribution in [0.25, 0.3) is 0 Å². The lowest BCUT2D eigenvalue weighted by atomic mass is 9.75. The Labute approximate surface area is 170 Å². The first kappa shape index (κ1) is 19.2. The molecule has 1 aliphatic carbocycles. The molecule has 1 saturated heterocycles. The maximum Gasteiger partial charge on any atom is 0.310 e. The minimum atomic E-state index is -0.534. The van der Waals surface area contributed by atoms with E-state index in [-0.39, 0.29) is 17.9 Å². The van der Waals surface area contributed by atoms with Crippen molar-refractivity contribution in [2.45, 2.75) is 32.5 Å². The Morgan fingerprint density at radius 3 is 2.34 bits per heavy atom. The van der Waals surface area contributed by atoms with E-state index in [4.69, 9.17) is 9.47 Å². The molecule has 0 N–H and O–H groups in total. The quantitative estimate of drug-likeness (QED) is 0.676. The number of hydrogen-bond acceptors (Lipinski definition) is 4. The van der Waals surface area contributed by atoms with Gasteiger partial charge in [0.05, 0.1) is 24.5 Å². The van der Waals surface area contributed by atoms with Gasteiger partial charge in [-0.15, -0.1) is 0 Å². The maximum atomic E-state index is 13.1. The number of rotatable bonds is 7. The highest BCUT2D eigenvalue weighted by Crippen LogP contribution is 2.41. The number of nitrogens with zero attached hydrogens (tertiary/aromatic N) is 1. The first-order chi connectivity index (χ1) is 14.2. The molecule has 0 unspecified atom stereocenters. The number of ether oxygens (including phenoxy) is 2. The van der Waals surface area contributed by atoms with Gasteiger partial charge in [-0.1, -0.05) is 60.7 Å². The van der Waals surface area contributed by atoms with Crippen LogP contribution in [0.1, 0.15) is 24.5 Å². The van der Waals surface area contributed by atoms with Gasteiger partial charge in [0.2, 0.25) is 5.91 Å². The van der Waals surface area contributed by atoms with Crippen molar-refractivity contribution in [2.24, 2.45) is 11.8 Å². The molecular formula is C24H25NO4. The lowest BCUT2D eigenvalue weighted by Gasteiger charge is -2.46. The Kier molecular flexibility index (Phi) is 5.65. The van der Waals surface area contributed by atoms with Crippen LogP contribution >= 0.6 is 0 Å². The highest BCUT2D eigenvalue weighted by Gasteiger charge is 2.50. The second kappa shape index (κ2) is 8.52. The van der Waals surface area contributed by atoms with Crippen molar-refractivity contribution in [1.29, 1.82) is 0 Å². The van der Waals surface area contributed by atoms with Gasteiger partial charge in [0.25, 0.3) is 0 Å². The third-order valence-electron chi connectivity index (χ3n) is 5.56. The van der Waals surface area contributed by atoms with E-state index in [0.29, 0.717) is 26.2 Å². The second-order valence-electron chi connectivity index (χ2n) is 7.43. The molecule has 5 nitrogen and oxygen atoms in total. The van der Waals surface area contributed by atoms with Crippen LogP contribution in [0.2, 0.25) is 0 Å². The van der Waals surface area contributed by atoms with Crippen molar-refractivity contribution in [1.82, 2.24) is 4.90 Å². The van der Waals surface area contributed by atoms with Crippen molar-refractivity contribution in [3.05, 3.63) is 83.6 Å². The molecule has 1 amide bonds. The summed E-state index contributed by atoms with van der Waals surface area (Å²) >= 11 is 0. The zero-order valence-corrected chi connectivity index (χ0v) is 16.5. The molecule has 5 rings (SSSR count). The molecule has 2 aliphatic heterocycles. The Morgan fingerprint density at radius 2 is 1.69 bits per heavy atom. The van der Waals surface area contributed by atoms with Crippen molar-refractivity contribution >= 4 is 11.9 Å². The Bertz CT molecular complexity index is 894. The summed E-state index contributed by atoms with van der Waals surface area (Å²) in [5, 5.41) is 0. The average Bonchev–Trinajstić information content (AvgIpc) is 2.76. The predicted molar refractivity (Wildman–Crippen MR) is 108 cm³/mol. The van der Waals surface area contributed by atoms with E-state index >= 15 is 0 Å².